The van der Waals surface area contributed by atoms with Gasteiger partial charge >= 0.3 is 0 Å². The first kappa shape index (κ1) is 13.1. The quantitative estimate of drug-likeness (QED) is 0.616. The molecule has 0 aliphatic carbocycles. The van der Waals surface area contributed by atoms with Gasteiger partial charge < -0.3 is 20.3 Å². The fraction of sp³-hybridized carbons (Fsp3) is 0.556. The van der Waals surface area contributed by atoms with Crippen molar-refractivity contribution in [3.63, 3.8) is 0 Å². The number of aliphatic hydroxyl groups excluding tert-OH is 2. The maximum atomic E-state index is 8.91. The molecule has 7 heteroatoms. The van der Waals surface area contributed by atoms with Crippen LogP contribution in [0.3, 0.4) is 0 Å². The van der Waals surface area contributed by atoms with Crippen molar-refractivity contribution >= 4 is 17.4 Å². The lowest BCUT2D eigenvalue weighted by Gasteiger charge is -2.14. The molecule has 0 aliphatic rings. The highest BCUT2D eigenvalue weighted by Crippen LogP contribution is 2.12. The van der Waals surface area contributed by atoms with E-state index in [1.54, 1.807) is 0 Å². The van der Waals surface area contributed by atoms with Crippen LogP contribution in [0.15, 0.2) is 6.07 Å². The second-order valence-electron chi connectivity index (χ2n) is 3.13. The topological polar surface area (TPSA) is 87.5 Å². The van der Waals surface area contributed by atoms with Crippen molar-refractivity contribution in [2.45, 2.75) is 12.6 Å². The molecule has 0 saturated carbocycles. The zero-order chi connectivity index (χ0) is 12.0. The molecular formula is C9H14ClN3O3. The molecule has 16 heavy (non-hydrogen) atoms. The van der Waals surface area contributed by atoms with E-state index >= 15 is 0 Å². The SMILES string of the molecule is COCc1nc(Cl)cc(NC(CO)CO)n1. The average molecular weight is 248 g/mol. The van der Waals surface area contributed by atoms with Crippen LogP contribution in [0.5, 0.6) is 0 Å². The number of ether oxygens (including phenoxy) is 1. The summed E-state index contributed by atoms with van der Waals surface area (Å²) in [5, 5.41) is 20.9. The predicted molar refractivity (Wildman–Crippen MR) is 59.3 cm³/mol. The van der Waals surface area contributed by atoms with Crippen LogP contribution >= 0.6 is 11.6 Å². The van der Waals surface area contributed by atoms with Crippen molar-refractivity contribution in [3.8, 4) is 0 Å². The summed E-state index contributed by atoms with van der Waals surface area (Å²) < 4.78 is 4.89. The second kappa shape index (κ2) is 6.59. The molecule has 0 spiro atoms. The summed E-state index contributed by atoms with van der Waals surface area (Å²) in [7, 11) is 1.53. The Hall–Kier alpha value is -0.950. The van der Waals surface area contributed by atoms with Crippen LogP contribution in [-0.4, -0.2) is 46.5 Å². The number of hydrogen-bond donors (Lipinski definition) is 3. The molecule has 0 aliphatic heterocycles. The maximum absolute atomic E-state index is 8.91. The number of methoxy groups -OCH3 is 1. The molecule has 1 rings (SSSR count). The normalized spacial score (nSPS) is 10.8. The number of halogens is 1. The van der Waals surface area contributed by atoms with Gasteiger partial charge in [-0.05, 0) is 0 Å². The third-order valence-electron chi connectivity index (χ3n) is 1.81. The number of aliphatic hydroxyl groups is 2. The van der Waals surface area contributed by atoms with E-state index in [0.717, 1.165) is 0 Å². The minimum atomic E-state index is -0.471. The van der Waals surface area contributed by atoms with Crippen LogP contribution < -0.4 is 5.32 Å². The van der Waals surface area contributed by atoms with Gasteiger partial charge in [0.15, 0.2) is 5.82 Å². The Bertz CT molecular complexity index is 334. The molecule has 3 N–H and O–H groups in total. The second-order valence-corrected chi connectivity index (χ2v) is 3.52. The largest absolute Gasteiger partial charge is 0.394 e. The first-order valence-electron chi connectivity index (χ1n) is 4.70. The first-order valence-corrected chi connectivity index (χ1v) is 5.08. The Labute approximate surface area is 98.3 Å². The summed E-state index contributed by atoms with van der Waals surface area (Å²) in [5.74, 6) is 0.882. The molecule has 1 heterocycles. The van der Waals surface area contributed by atoms with Gasteiger partial charge in [-0.25, -0.2) is 9.97 Å². The summed E-state index contributed by atoms with van der Waals surface area (Å²) in [5.41, 5.74) is 0. The van der Waals surface area contributed by atoms with Crippen LogP contribution in [0, 0.1) is 0 Å². The Morgan fingerprint density at radius 2 is 2.12 bits per heavy atom. The molecule has 0 unspecified atom stereocenters. The fourth-order valence-electron chi connectivity index (χ4n) is 1.09. The summed E-state index contributed by atoms with van der Waals surface area (Å²) in [6.07, 6.45) is 0. The standard InChI is InChI=1S/C9H14ClN3O3/c1-16-5-9-12-7(10)2-8(13-9)11-6(3-14)4-15/h2,6,14-15H,3-5H2,1H3,(H,11,12,13). The van der Waals surface area contributed by atoms with E-state index in [0.29, 0.717) is 11.6 Å². The minimum Gasteiger partial charge on any atom is -0.394 e. The summed E-state index contributed by atoms with van der Waals surface area (Å²) >= 11 is 5.78. The monoisotopic (exact) mass is 247 g/mol. The van der Waals surface area contributed by atoms with Crippen LogP contribution in [0.2, 0.25) is 5.15 Å². The molecule has 1 aromatic heterocycles. The third-order valence-corrected chi connectivity index (χ3v) is 2.00. The molecule has 0 radical (unpaired) electrons. The van der Waals surface area contributed by atoms with Gasteiger partial charge in [0.05, 0.1) is 19.3 Å². The maximum Gasteiger partial charge on any atom is 0.158 e. The lowest BCUT2D eigenvalue weighted by molar-refractivity contribution is 0.177. The number of anilines is 1. The lowest BCUT2D eigenvalue weighted by atomic mass is 10.3. The van der Waals surface area contributed by atoms with E-state index in [1.165, 1.54) is 13.2 Å². The lowest BCUT2D eigenvalue weighted by Crippen LogP contribution is -2.28. The van der Waals surface area contributed by atoms with Crippen LogP contribution in [0.25, 0.3) is 0 Å². The van der Waals surface area contributed by atoms with Gasteiger partial charge in [-0.3, -0.25) is 0 Å². The highest BCUT2D eigenvalue weighted by atomic mass is 35.5. The smallest absolute Gasteiger partial charge is 0.158 e. The van der Waals surface area contributed by atoms with Crippen molar-refractivity contribution in [3.05, 3.63) is 17.0 Å². The summed E-state index contributed by atoms with van der Waals surface area (Å²) in [6.45, 7) is -0.145. The number of nitrogens with zero attached hydrogens (tertiary/aromatic N) is 2. The van der Waals surface area contributed by atoms with E-state index < -0.39 is 6.04 Å². The summed E-state index contributed by atoms with van der Waals surface area (Å²) in [6, 6.07) is 1.04. The third kappa shape index (κ3) is 3.90. The molecule has 1 aromatic rings. The molecule has 90 valence electrons. The zero-order valence-corrected chi connectivity index (χ0v) is 9.61. The average Bonchev–Trinajstić information content (AvgIpc) is 2.25. The molecule has 0 fully saturated rings. The van der Waals surface area contributed by atoms with Crippen LogP contribution in [-0.2, 0) is 11.3 Å². The number of aromatic nitrogens is 2. The van der Waals surface area contributed by atoms with Crippen molar-refractivity contribution in [2.24, 2.45) is 0 Å². The van der Waals surface area contributed by atoms with Gasteiger partial charge in [-0.15, -0.1) is 0 Å². The summed E-state index contributed by atoms with van der Waals surface area (Å²) in [4.78, 5) is 8.05. The predicted octanol–water partition coefficient (Wildman–Crippen LogP) is 0.0415. The molecule has 0 saturated heterocycles. The Kier molecular flexibility index (Phi) is 5.41. The van der Waals surface area contributed by atoms with Gasteiger partial charge in [0, 0.05) is 13.2 Å². The Morgan fingerprint density at radius 1 is 1.44 bits per heavy atom. The molecule has 6 nitrogen and oxygen atoms in total. The van der Waals surface area contributed by atoms with E-state index in [9.17, 15) is 0 Å². The first-order chi connectivity index (χ1) is 7.69. The highest BCUT2D eigenvalue weighted by molar-refractivity contribution is 6.29. The number of hydrogen-bond acceptors (Lipinski definition) is 6. The Balaban J connectivity index is 2.78. The molecule has 0 atom stereocenters. The van der Waals surface area contributed by atoms with Crippen molar-refractivity contribution in [1.82, 2.24) is 9.97 Å². The molecule has 0 aromatic carbocycles. The molecule has 0 bridgehead atoms. The molecular weight excluding hydrogens is 234 g/mol. The number of nitrogens with one attached hydrogen (secondary N) is 1. The minimum absolute atomic E-state index is 0.197. The van der Waals surface area contributed by atoms with Gasteiger partial charge in [0.1, 0.15) is 17.6 Å². The van der Waals surface area contributed by atoms with Gasteiger partial charge in [-0.1, -0.05) is 11.6 Å². The van der Waals surface area contributed by atoms with E-state index in [1.807, 2.05) is 0 Å². The van der Waals surface area contributed by atoms with Crippen molar-refractivity contribution < 1.29 is 14.9 Å². The van der Waals surface area contributed by atoms with Gasteiger partial charge in [0.25, 0.3) is 0 Å². The highest BCUT2D eigenvalue weighted by Gasteiger charge is 2.08. The van der Waals surface area contributed by atoms with E-state index in [4.69, 9.17) is 26.6 Å². The van der Waals surface area contributed by atoms with E-state index in [-0.39, 0.29) is 25.0 Å². The Morgan fingerprint density at radius 3 is 2.69 bits per heavy atom. The van der Waals surface area contributed by atoms with Crippen molar-refractivity contribution in [2.75, 3.05) is 25.6 Å². The molecule has 0 amide bonds. The van der Waals surface area contributed by atoms with Crippen LogP contribution in [0.1, 0.15) is 5.82 Å². The fourth-order valence-corrected chi connectivity index (χ4v) is 1.29. The zero-order valence-electron chi connectivity index (χ0n) is 8.85. The van der Waals surface area contributed by atoms with Crippen LogP contribution in [0.4, 0.5) is 5.82 Å². The van der Waals surface area contributed by atoms with Gasteiger partial charge in [-0.2, -0.15) is 0 Å². The van der Waals surface area contributed by atoms with Gasteiger partial charge in [0.2, 0.25) is 0 Å². The number of rotatable bonds is 6. The van der Waals surface area contributed by atoms with Crippen molar-refractivity contribution in [1.29, 1.82) is 0 Å². The van der Waals surface area contributed by atoms with E-state index in [2.05, 4.69) is 15.3 Å².